The number of sulfonamides is 1. The summed E-state index contributed by atoms with van der Waals surface area (Å²) in [6, 6.07) is 1.86. The van der Waals surface area contributed by atoms with Gasteiger partial charge in [-0.1, -0.05) is 0 Å². The van der Waals surface area contributed by atoms with E-state index in [-0.39, 0.29) is 6.04 Å². The van der Waals surface area contributed by atoms with Gasteiger partial charge in [-0.15, -0.1) is 0 Å². The van der Waals surface area contributed by atoms with Crippen LogP contribution in [-0.2, 0) is 23.1 Å². The molecule has 0 aliphatic heterocycles. The molecule has 1 aliphatic carbocycles. The van der Waals surface area contributed by atoms with Crippen LogP contribution >= 0.6 is 0 Å². The predicted molar refractivity (Wildman–Crippen MR) is 80.0 cm³/mol. The lowest BCUT2D eigenvalue weighted by atomic mass is 10.2. The molecule has 6 heteroatoms. The number of nitrogens with zero attached hydrogens (tertiary/aromatic N) is 2. The molecule has 1 atom stereocenters. The normalized spacial score (nSPS) is 17.6. The van der Waals surface area contributed by atoms with Gasteiger partial charge < -0.3 is 9.88 Å². The van der Waals surface area contributed by atoms with E-state index in [9.17, 15) is 8.42 Å². The van der Waals surface area contributed by atoms with Gasteiger partial charge in [-0.25, -0.2) is 8.42 Å². The lowest BCUT2D eigenvalue weighted by Gasteiger charge is -2.23. The lowest BCUT2D eigenvalue weighted by molar-refractivity contribution is 0.357. The van der Waals surface area contributed by atoms with Crippen LogP contribution in [0.25, 0.3) is 0 Å². The summed E-state index contributed by atoms with van der Waals surface area (Å²) in [4.78, 5) is 0.402. The van der Waals surface area contributed by atoms with Crippen LogP contribution in [0.1, 0.15) is 32.4 Å². The Hall–Kier alpha value is -0.850. The van der Waals surface area contributed by atoms with Crippen molar-refractivity contribution in [2.24, 2.45) is 5.92 Å². The van der Waals surface area contributed by atoms with Crippen molar-refractivity contribution in [1.29, 1.82) is 0 Å². The zero-order chi connectivity index (χ0) is 14.9. The largest absolute Gasteiger partial charge is 0.349 e. The van der Waals surface area contributed by atoms with Crippen molar-refractivity contribution in [2.45, 2.75) is 50.7 Å². The fourth-order valence-corrected chi connectivity index (χ4v) is 4.04. The van der Waals surface area contributed by atoms with Crippen LogP contribution in [0.15, 0.2) is 17.2 Å². The highest BCUT2D eigenvalue weighted by molar-refractivity contribution is 7.89. The fourth-order valence-electron chi connectivity index (χ4n) is 2.55. The minimum Gasteiger partial charge on any atom is -0.349 e. The highest BCUT2D eigenvalue weighted by Gasteiger charge is 2.36. The van der Waals surface area contributed by atoms with Crippen molar-refractivity contribution in [3.63, 3.8) is 0 Å². The first-order valence-electron chi connectivity index (χ1n) is 7.23. The Balaban J connectivity index is 2.28. The van der Waals surface area contributed by atoms with Crippen molar-refractivity contribution >= 4 is 10.0 Å². The number of nitrogens with one attached hydrogen (secondary N) is 1. The standard InChI is InChI=1S/C14H25N3O2S/c1-5-17-10-14(8-13(17)9-15-3)20(18,19)16(4)11(2)12-6-7-12/h8,10-12,15H,5-7,9H2,1-4H3. The first-order chi connectivity index (χ1) is 9.41. The first kappa shape index (κ1) is 15.5. The van der Waals surface area contributed by atoms with Crippen LogP contribution < -0.4 is 5.32 Å². The number of aryl methyl sites for hydroxylation is 1. The fraction of sp³-hybridized carbons (Fsp3) is 0.714. The maximum Gasteiger partial charge on any atom is 0.244 e. The molecule has 0 saturated heterocycles. The zero-order valence-corrected chi connectivity index (χ0v) is 13.6. The molecular weight excluding hydrogens is 274 g/mol. The molecule has 1 heterocycles. The second kappa shape index (κ2) is 5.87. The average Bonchev–Trinajstić information content (AvgIpc) is 3.18. The summed E-state index contributed by atoms with van der Waals surface area (Å²) in [6.45, 7) is 5.46. The van der Waals surface area contributed by atoms with Crippen LogP contribution in [0.2, 0.25) is 0 Å². The van der Waals surface area contributed by atoms with Crippen molar-refractivity contribution in [1.82, 2.24) is 14.2 Å². The molecule has 1 saturated carbocycles. The quantitative estimate of drug-likeness (QED) is 0.833. The molecule has 0 spiro atoms. The molecule has 0 bridgehead atoms. The predicted octanol–water partition coefficient (Wildman–Crippen LogP) is 1.65. The monoisotopic (exact) mass is 299 g/mol. The van der Waals surface area contributed by atoms with Crippen molar-refractivity contribution in [2.75, 3.05) is 14.1 Å². The van der Waals surface area contributed by atoms with Crippen LogP contribution in [0.3, 0.4) is 0 Å². The lowest BCUT2D eigenvalue weighted by Crippen LogP contribution is -2.36. The molecule has 1 fully saturated rings. The Morgan fingerprint density at radius 2 is 2.15 bits per heavy atom. The third-order valence-corrected chi connectivity index (χ3v) is 6.12. The Morgan fingerprint density at radius 1 is 1.50 bits per heavy atom. The molecule has 0 aromatic carbocycles. The summed E-state index contributed by atoms with van der Waals surface area (Å²) in [5.74, 6) is 0.528. The SMILES string of the molecule is CCn1cc(S(=O)(=O)N(C)C(C)C2CC2)cc1CNC. The Kier molecular flexibility index (Phi) is 4.56. The number of rotatable bonds is 7. The Labute approximate surface area is 122 Å². The van der Waals surface area contributed by atoms with Gasteiger partial charge in [0.2, 0.25) is 10.0 Å². The van der Waals surface area contributed by atoms with E-state index in [0.29, 0.717) is 17.4 Å². The zero-order valence-electron chi connectivity index (χ0n) is 12.8. The average molecular weight is 299 g/mol. The highest BCUT2D eigenvalue weighted by Crippen LogP contribution is 2.36. The minimum atomic E-state index is -3.39. The smallest absolute Gasteiger partial charge is 0.244 e. The third-order valence-electron chi connectivity index (χ3n) is 4.21. The number of hydrogen-bond donors (Lipinski definition) is 1. The maximum atomic E-state index is 12.7. The van der Waals surface area contributed by atoms with E-state index < -0.39 is 10.0 Å². The minimum absolute atomic E-state index is 0.0812. The first-order valence-corrected chi connectivity index (χ1v) is 8.67. The third kappa shape index (κ3) is 2.92. The molecule has 1 aromatic heterocycles. The van der Waals surface area contributed by atoms with Gasteiger partial charge in [-0.3, -0.25) is 0 Å². The summed E-state index contributed by atoms with van der Waals surface area (Å²) in [7, 11) is 0.169. The second-order valence-electron chi connectivity index (χ2n) is 5.58. The molecule has 5 nitrogen and oxygen atoms in total. The summed E-state index contributed by atoms with van der Waals surface area (Å²) in [6.07, 6.45) is 4.03. The van der Waals surface area contributed by atoms with Gasteiger partial charge in [0.25, 0.3) is 0 Å². The van der Waals surface area contributed by atoms with E-state index in [1.165, 1.54) is 4.31 Å². The topological polar surface area (TPSA) is 54.3 Å². The Bertz CT molecular complexity index is 561. The van der Waals surface area contributed by atoms with Crippen molar-refractivity contribution < 1.29 is 8.42 Å². The summed E-state index contributed by atoms with van der Waals surface area (Å²) < 4.78 is 28.9. The Morgan fingerprint density at radius 3 is 2.65 bits per heavy atom. The molecule has 1 aromatic rings. The van der Waals surface area contributed by atoms with E-state index in [0.717, 1.165) is 25.1 Å². The van der Waals surface area contributed by atoms with E-state index in [1.807, 2.05) is 25.5 Å². The molecule has 2 rings (SSSR count). The van der Waals surface area contributed by atoms with Crippen LogP contribution in [0.5, 0.6) is 0 Å². The summed E-state index contributed by atoms with van der Waals surface area (Å²) in [5.41, 5.74) is 1.00. The van der Waals surface area contributed by atoms with Gasteiger partial charge in [0.05, 0.1) is 0 Å². The summed E-state index contributed by atoms with van der Waals surface area (Å²) in [5, 5.41) is 3.07. The van der Waals surface area contributed by atoms with Crippen LogP contribution in [0.4, 0.5) is 0 Å². The molecule has 1 aliphatic rings. The van der Waals surface area contributed by atoms with Crippen molar-refractivity contribution in [3.8, 4) is 0 Å². The molecular formula is C14H25N3O2S. The summed E-state index contributed by atoms with van der Waals surface area (Å²) >= 11 is 0. The van der Waals surface area contributed by atoms with Gasteiger partial charge in [-0.05, 0) is 45.7 Å². The van der Waals surface area contributed by atoms with Gasteiger partial charge in [0.15, 0.2) is 0 Å². The number of hydrogen-bond acceptors (Lipinski definition) is 3. The van der Waals surface area contributed by atoms with Crippen LogP contribution in [0, 0.1) is 5.92 Å². The molecule has 0 amide bonds. The molecule has 0 radical (unpaired) electrons. The van der Waals surface area contributed by atoms with Gasteiger partial charge in [0, 0.05) is 38.1 Å². The van der Waals surface area contributed by atoms with Gasteiger partial charge >= 0.3 is 0 Å². The molecule has 1 unspecified atom stereocenters. The molecule has 1 N–H and O–H groups in total. The van der Waals surface area contributed by atoms with E-state index in [2.05, 4.69) is 5.32 Å². The maximum absolute atomic E-state index is 12.7. The van der Waals surface area contributed by atoms with Crippen molar-refractivity contribution in [3.05, 3.63) is 18.0 Å². The molecule has 114 valence electrons. The van der Waals surface area contributed by atoms with Gasteiger partial charge in [0.1, 0.15) is 4.90 Å². The highest BCUT2D eigenvalue weighted by atomic mass is 32.2. The van der Waals surface area contributed by atoms with Gasteiger partial charge in [-0.2, -0.15) is 4.31 Å². The number of aromatic nitrogens is 1. The van der Waals surface area contributed by atoms with Crippen LogP contribution in [-0.4, -0.2) is 37.4 Å². The van der Waals surface area contributed by atoms with E-state index >= 15 is 0 Å². The van der Waals surface area contributed by atoms with E-state index in [4.69, 9.17) is 0 Å². The second-order valence-corrected chi connectivity index (χ2v) is 7.58. The van der Waals surface area contributed by atoms with E-state index in [1.54, 1.807) is 19.3 Å². The molecule has 20 heavy (non-hydrogen) atoms.